The number of para-hydroxylation sites is 1. The zero-order chi connectivity index (χ0) is 21.8. The molecule has 0 spiro atoms. The van der Waals surface area contributed by atoms with Gasteiger partial charge in [-0.05, 0) is 36.2 Å². The second-order valence-electron chi connectivity index (χ2n) is 7.47. The van der Waals surface area contributed by atoms with Gasteiger partial charge in [-0.25, -0.2) is 0 Å². The van der Waals surface area contributed by atoms with Crippen LogP contribution in [0.25, 0.3) is 11.3 Å². The lowest BCUT2D eigenvalue weighted by atomic mass is 10.1. The molecule has 0 saturated heterocycles. The highest BCUT2D eigenvalue weighted by Gasteiger charge is 2.24. The molecule has 1 aliphatic rings. The molecule has 1 atom stereocenters. The van der Waals surface area contributed by atoms with E-state index in [1.54, 1.807) is 0 Å². The smallest absolute Gasteiger partial charge is 0.244 e. The van der Waals surface area contributed by atoms with Crippen molar-refractivity contribution in [2.45, 2.75) is 19.7 Å². The average Bonchev–Trinajstić information content (AvgIpc) is 3.00. The summed E-state index contributed by atoms with van der Waals surface area (Å²) >= 11 is 0. The first kappa shape index (κ1) is 19.8. The minimum absolute atomic E-state index is 0.188. The van der Waals surface area contributed by atoms with Crippen molar-refractivity contribution in [3.63, 3.8) is 0 Å². The average molecular weight is 425 g/mol. The lowest BCUT2D eigenvalue weighted by Crippen LogP contribution is -2.19. The fourth-order valence-corrected chi connectivity index (χ4v) is 3.65. The molecule has 2 heterocycles. The summed E-state index contributed by atoms with van der Waals surface area (Å²) < 4.78 is 5.93. The van der Waals surface area contributed by atoms with E-state index in [1.165, 1.54) is 0 Å². The summed E-state index contributed by atoms with van der Waals surface area (Å²) in [5.74, 6) is 2.01. The molecule has 32 heavy (non-hydrogen) atoms. The molecule has 4 aromatic rings. The Balaban J connectivity index is 1.40. The second-order valence-corrected chi connectivity index (χ2v) is 7.47. The molecule has 0 saturated carbocycles. The molecular weight excluding hydrogens is 400 g/mol. The van der Waals surface area contributed by atoms with E-state index >= 15 is 0 Å². The van der Waals surface area contributed by atoms with Crippen LogP contribution in [0.1, 0.15) is 24.2 Å². The van der Waals surface area contributed by atoms with Gasteiger partial charge in [0, 0.05) is 17.8 Å². The molecule has 160 valence electrons. The Kier molecular flexibility index (Phi) is 5.53. The van der Waals surface area contributed by atoms with Crippen molar-refractivity contribution < 1.29 is 4.74 Å². The molecule has 0 amide bonds. The molecule has 7 heteroatoms. The first-order valence-electron chi connectivity index (χ1n) is 10.7. The van der Waals surface area contributed by atoms with Crippen molar-refractivity contribution >= 4 is 17.5 Å². The number of rotatable bonds is 6. The van der Waals surface area contributed by atoms with Gasteiger partial charge in [0.05, 0.1) is 0 Å². The number of fused-ring (bicyclic) bond motifs is 3. The van der Waals surface area contributed by atoms with E-state index in [2.05, 4.69) is 55.4 Å². The van der Waals surface area contributed by atoms with Crippen molar-refractivity contribution in [1.82, 2.24) is 15.2 Å². The largest absolute Gasteiger partial charge is 0.489 e. The van der Waals surface area contributed by atoms with Gasteiger partial charge in [-0.1, -0.05) is 60.7 Å². The summed E-state index contributed by atoms with van der Waals surface area (Å²) in [5.41, 5.74) is 4.85. The van der Waals surface area contributed by atoms with Crippen LogP contribution in [-0.4, -0.2) is 21.7 Å². The summed E-state index contributed by atoms with van der Waals surface area (Å²) in [6.07, 6.45) is -0.188. The van der Waals surface area contributed by atoms with E-state index in [0.717, 1.165) is 40.4 Å². The SMILES string of the molecule is CCNc1nnc2c(n1)NC(c1ccc(OCc3ccccc3)cc1)Nc1ccccc1-2. The maximum Gasteiger partial charge on any atom is 0.244 e. The van der Waals surface area contributed by atoms with Crippen LogP contribution in [0.2, 0.25) is 0 Å². The Labute approximate surface area is 186 Å². The first-order chi connectivity index (χ1) is 15.8. The molecule has 3 aromatic carbocycles. The third kappa shape index (κ3) is 4.18. The van der Waals surface area contributed by atoms with Crippen molar-refractivity contribution in [2.24, 2.45) is 0 Å². The van der Waals surface area contributed by atoms with Gasteiger partial charge in [-0.2, -0.15) is 4.98 Å². The quantitative estimate of drug-likeness (QED) is 0.398. The number of benzene rings is 3. The Bertz CT molecular complexity index is 1200. The van der Waals surface area contributed by atoms with Gasteiger partial charge in [-0.15, -0.1) is 10.2 Å². The molecule has 1 unspecified atom stereocenters. The minimum atomic E-state index is -0.188. The molecule has 1 aliphatic heterocycles. The summed E-state index contributed by atoms with van der Waals surface area (Å²) in [4.78, 5) is 4.66. The van der Waals surface area contributed by atoms with Crippen LogP contribution >= 0.6 is 0 Å². The van der Waals surface area contributed by atoms with Crippen LogP contribution in [-0.2, 0) is 6.61 Å². The van der Waals surface area contributed by atoms with Gasteiger partial charge in [0.1, 0.15) is 24.2 Å². The summed E-state index contributed by atoms with van der Waals surface area (Å²) in [7, 11) is 0. The number of aromatic nitrogens is 3. The highest BCUT2D eigenvalue weighted by Crippen LogP contribution is 2.37. The predicted octanol–water partition coefficient (Wildman–Crippen LogP) is 5.09. The van der Waals surface area contributed by atoms with Crippen LogP contribution in [0.15, 0.2) is 78.9 Å². The van der Waals surface area contributed by atoms with Crippen molar-refractivity contribution in [2.75, 3.05) is 22.5 Å². The van der Waals surface area contributed by atoms with E-state index < -0.39 is 0 Å². The normalized spacial score (nSPS) is 14.2. The van der Waals surface area contributed by atoms with Gasteiger partial charge < -0.3 is 20.7 Å². The molecule has 7 nitrogen and oxygen atoms in total. The predicted molar refractivity (Wildman–Crippen MR) is 127 cm³/mol. The molecule has 0 fully saturated rings. The van der Waals surface area contributed by atoms with E-state index in [9.17, 15) is 0 Å². The van der Waals surface area contributed by atoms with Gasteiger partial charge in [-0.3, -0.25) is 0 Å². The number of hydrogen-bond donors (Lipinski definition) is 3. The molecular formula is C25H24N6O. The number of nitrogens with one attached hydrogen (secondary N) is 3. The summed E-state index contributed by atoms with van der Waals surface area (Å²) in [5, 5.41) is 18.9. The van der Waals surface area contributed by atoms with Crippen LogP contribution < -0.4 is 20.7 Å². The van der Waals surface area contributed by atoms with Crippen LogP contribution in [0.4, 0.5) is 17.5 Å². The Hall–Kier alpha value is -4.13. The lowest BCUT2D eigenvalue weighted by molar-refractivity contribution is 0.306. The lowest BCUT2D eigenvalue weighted by Gasteiger charge is -2.20. The van der Waals surface area contributed by atoms with Gasteiger partial charge >= 0.3 is 0 Å². The molecule has 0 aliphatic carbocycles. The van der Waals surface area contributed by atoms with Crippen LogP contribution in [0, 0.1) is 0 Å². The minimum Gasteiger partial charge on any atom is -0.489 e. The van der Waals surface area contributed by atoms with Crippen molar-refractivity contribution in [3.8, 4) is 17.0 Å². The monoisotopic (exact) mass is 424 g/mol. The fraction of sp³-hybridized carbons (Fsp3) is 0.160. The maximum absolute atomic E-state index is 5.93. The van der Waals surface area contributed by atoms with Crippen molar-refractivity contribution in [3.05, 3.63) is 90.0 Å². The van der Waals surface area contributed by atoms with E-state index in [-0.39, 0.29) is 6.17 Å². The number of anilines is 3. The molecule has 1 aromatic heterocycles. The highest BCUT2D eigenvalue weighted by atomic mass is 16.5. The third-order valence-electron chi connectivity index (χ3n) is 5.25. The Morgan fingerprint density at radius 2 is 1.66 bits per heavy atom. The van der Waals surface area contributed by atoms with Crippen molar-refractivity contribution in [1.29, 1.82) is 0 Å². The molecule has 0 bridgehead atoms. The van der Waals surface area contributed by atoms with Crippen LogP contribution in [0.3, 0.4) is 0 Å². The van der Waals surface area contributed by atoms with E-state index in [4.69, 9.17) is 4.74 Å². The summed E-state index contributed by atoms with van der Waals surface area (Å²) in [6, 6.07) is 26.3. The maximum atomic E-state index is 5.93. The highest BCUT2D eigenvalue weighted by molar-refractivity contribution is 5.84. The standard InChI is InChI=1S/C25H24N6O/c1-2-26-25-29-24-22(30-31-25)20-10-6-7-11-21(20)27-23(28-24)18-12-14-19(15-13-18)32-16-17-8-4-3-5-9-17/h3-15,23,27H,2,16H2,1H3,(H2,26,28,29,31). The topological polar surface area (TPSA) is 84.0 Å². The zero-order valence-corrected chi connectivity index (χ0v) is 17.7. The number of ether oxygens (including phenoxy) is 1. The summed E-state index contributed by atoms with van der Waals surface area (Å²) in [6.45, 7) is 3.27. The van der Waals surface area contributed by atoms with E-state index in [0.29, 0.717) is 18.4 Å². The Morgan fingerprint density at radius 3 is 2.47 bits per heavy atom. The van der Waals surface area contributed by atoms with Gasteiger partial charge in [0.2, 0.25) is 5.95 Å². The van der Waals surface area contributed by atoms with E-state index in [1.807, 2.05) is 61.5 Å². The first-order valence-corrected chi connectivity index (χ1v) is 10.7. The number of hydrogen-bond acceptors (Lipinski definition) is 7. The third-order valence-corrected chi connectivity index (χ3v) is 5.25. The number of nitrogens with zero attached hydrogens (tertiary/aromatic N) is 3. The Morgan fingerprint density at radius 1 is 0.875 bits per heavy atom. The van der Waals surface area contributed by atoms with Gasteiger partial charge in [0.25, 0.3) is 0 Å². The van der Waals surface area contributed by atoms with Crippen LogP contribution in [0.5, 0.6) is 5.75 Å². The second kappa shape index (κ2) is 8.93. The molecule has 5 rings (SSSR count). The molecule has 3 N–H and O–H groups in total. The van der Waals surface area contributed by atoms with Gasteiger partial charge in [0.15, 0.2) is 5.82 Å². The fourth-order valence-electron chi connectivity index (χ4n) is 3.65. The zero-order valence-electron chi connectivity index (χ0n) is 17.7. The molecule has 0 radical (unpaired) electrons.